The number of rotatable bonds is 8. The largest absolute Gasteiger partial charge is 0.495 e. The van der Waals surface area contributed by atoms with Crippen molar-refractivity contribution >= 4 is 33.4 Å². The molecule has 2 aromatic carbocycles. The zero-order chi connectivity index (χ0) is 19.2. The highest BCUT2D eigenvalue weighted by Crippen LogP contribution is 2.26. The van der Waals surface area contributed by atoms with Crippen molar-refractivity contribution in [1.29, 1.82) is 0 Å². The SMILES string of the molecule is CCCNS(=O)(=O)c1cc(C(=O)Nc2cccc(SC)c2)ccc1OC. The van der Waals surface area contributed by atoms with Gasteiger partial charge in [-0.15, -0.1) is 11.8 Å². The van der Waals surface area contributed by atoms with Gasteiger partial charge < -0.3 is 10.1 Å². The molecule has 0 aliphatic rings. The average molecular weight is 395 g/mol. The van der Waals surface area contributed by atoms with Gasteiger partial charge in [0.15, 0.2) is 0 Å². The second kappa shape index (κ2) is 9.07. The molecule has 0 aliphatic carbocycles. The minimum absolute atomic E-state index is 0.0565. The van der Waals surface area contributed by atoms with Gasteiger partial charge in [-0.05, 0) is 49.1 Å². The third kappa shape index (κ3) is 5.00. The maximum Gasteiger partial charge on any atom is 0.255 e. The average Bonchev–Trinajstić information content (AvgIpc) is 2.66. The number of anilines is 1. The summed E-state index contributed by atoms with van der Waals surface area (Å²) >= 11 is 1.57. The molecule has 26 heavy (non-hydrogen) atoms. The minimum atomic E-state index is -3.76. The van der Waals surface area contributed by atoms with Gasteiger partial charge in [-0.3, -0.25) is 4.79 Å². The number of carbonyl (C=O) groups excluding carboxylic acids is 1. The molecule has 1 amide bonds. The number of nitrogens with one attached hydrogen (secondary N) is 2. The molecule has 0 heterocycles. The molecule has 0 aliphatic heterocycles. The Hall–Kier alpha value is -2.03. The van der Waals surface area contributed by atoms with E-state index in [1.165, 1.54) is 25.3 Å². The molecule has 2 aromatic rings. The van der Waals surface area contributed by atoms with Gasteiger partial charge in [0.2, 0.25) is 10.0 Å². The quantitative estimate of drug-likeness (QED) is 0.671. The molecule has 0 saturated heterocycles. The van der Waals surface area contributed by atoms with Crippen LogP contribution in [0.25, 0.3) is 0 Å². The summed E-state index contributed by atoms with van der Waals surface area (Å²) in [7, 11) is -2.37. The number of hydrogen-bond acceptors (Lipinski definition) is 5. The molecular weight excluding hydrogens is 372 g/mol. The zero-order valence-electron chi connectivity index (χ0n) is 14.9. The summed E-state index contributed by atoms with van der Waals surface area (Å²) in [5.74, 6) is -0.201. The Labute approximate surface area is 158 Å². The van der Waals surface area contributed by atoms with E-state index in [-0.39, 0.29) is 16.2 Å². The highest BCUT2D eigenvalue weighted by atomic mass is 32.2. The lowest BCUT2D eigenvalue weighted by molar-refractivity contribution is 0.102. The first-order valence-corrected chi connectivity index (χ1v) is 10.7. The van der Waals surface area contributed by atoms with Crippen molar-refractivity contribution in [3.05, 3.63) is 48.0 Å². The summed E-state index contributed by atoms with van der Waals surface area (Å²) in [5, 5.41) is 2.78. The van der Waals surface area contributed by atoms with Crippen LogP contribution in [-0.2, 0) is 10.0 Å². The zero-order valence-corrected chi connectivity index (χ0v) is 16.5. The van der Waals surface area contributed by atoms with E-state index in [0.29, 0.717) is 18.7 Å². The molecular formula is C18H22N2O4S2. The number of benzene rings is 2. The molecule has 0 aromatic heterocycles. The van der Waals surface area contributed by atoms with Crippen molar-refractivity contribution in [2.75, 3.05) is 25.2 Å². The van der Waals surface area contributed by atoms with E-state index in [1.807, 2.05) is 31.4 Å². The molecule has 0 radical (unpaired) electrons. The molecule has 2 rings (SSSR count). The standard InChI is InChI=1S/C18H22N2O4S2/c1-4-10-19-26(22,23)17-11-13(8-9-16(17)24-2)18(21)20-14-6-5-7-15(12-14)25-3/h5-9,11-12,19H,4,10H2,1-3H3,(H,20,21). The van der Waals surface area contributed by atoms with Crippen molar-refractivity contribution in [1.82, 2.24) is 4.72 Å². The Morgan fingerprint density at radius 2 is 1.96 bits per heavy atom. The van der Waals surface area contributed by atoms with Crippen molar-refractivity contribution in [3.8, 4) is 5.75 Å². The highest BCUT2D eigenvalue weighted by Gasteiger charge is 2.21. The summed E-state index contributed by atoms with van der Waals surface area (Å²) in [4.78, 5) is 13.5. The van der Waals surface area contributed by atoms with E-state index < -0.39 is 15.9 Å². The monoisotopic (exact) mass is 394 g/mol. The van der Waals surface area contributed by atoms with Crippen molar-refractivity contribution < 1.29 is 17.9 Å². The fourth-order valence-electron chi connectivity index (χ4n) is 2.25. The van der Waals surface area contributed by atoms with Crippen LogP contribution in [0.15, 0.2) is 52.3 Å². The Morgan fingerprint density at radius 1 is 1.19 bits per heavy atom. The fourth-order valence-corrected chi connectivity index (χ4v) is 4.03. The van der Waals surface area contributed by atoms with Crippen LogP contribution in [0.5, 0.6) is 5.75 Å². The molecule has 0 atom stereocenters. The summed E-state index contributed by atoms with van der Waals surface area (Å²) in [5.41, 5.74) is 0.878. The van der Waals surface area contributed by atoms with E-state index in [4.69, 9.17) is 4.74 Å². The number of methoxy groups -OCH3 is 1. The lowest BCUT2D eigenvalue weighted by atomic mass is 10.2. The number of hydrogen-bond donors (Lipinski definition) is 2. The van der Waals surface area contributed by atoms with E-state index in [2.05, 4.69) is 10.0 Å². The smallest absolute Gasteiger partial charge is 0.255 e. The predicted octanol–water partition coefficient (Wildman–Crippen LogP) is 3.36. The molecule has 0 unspecified atom stereocenters. The van der Waals surface area contributed by atoms with Gasteiger partial charge in [-0.2, -0.15) is 0 Å². The number of carbonyl (C=O) groups is 1. The number of ether oxygens (including phenoxy) is 1. The molecule has 2 N–H and O–H groups in total. The second-order valence-corrected chi connectivity index (χ2v) is 8.06. The summed E-state index contributed by atoms with van der Waals surface area (Å²) in [6, 6.07) is 11.8. The van der Waals surface area contributed by atoms with Gasteiger partial charge in [-0.1, -0.05) is 13.0 Å². The van der Waals surface area contributed by atoms with Gasteiger partial charge in [0.05, 0.1) is 7.11 Å². The van der Waals surface area contributed by atoms with Crippen LogP contribution < -0.4 is 14.8 Å². The molecule has 0 spiro atoms. The summed E-state index contributed by atoms with van der Waals surface area (Å²) < 4.78 is 32.6. The number of sulfonamides is 1. The third-order valence-corrected chi connectivity index (χ3v) is 5.79. The van der Waals surface area contributed by atoms with Gasteiger partial charge in [0.1, 0.15) is 10.6 Å². The molecule has 6 nitrogen and oxygen atoms in total. The fraction of sp³-hybridized carbons (Fsp3) is 0.278. The van der Waals surface area contributed by atoms with E-state index in [9.17, 15) is 13.2 Å². The highest BCUT2D eigenvalue weighted by molar-refractivity contribution is 7.98. The maximum atomic E-state index is 12.5. The molecule has 0 bridgehead atoms. The number of amides is 1. The van der Waals surface area contributed by atoms with Crippen LogP contribution in [-0.4, -0.2) is 34.2 Å². The van der Waals surface area contributed by atoms with Crippen LogP contribution in [0.1, 0.15) is 23.7 Å². The second-order valence-electron chi connectivity index (χ2n) is 5.45. The first-order chi connectivity index (χ1) is 12.4. The van der Waals surface area contributed by atoms with Gasteiger partial charge >= 0.3 is 0 Å². The molecule has 8 heteroatoms. The normalized spacial score (nSPS) is 11.2. The van der Waals surface area contributed by atoms with E-state index >= 15 is 0 Å². The Bertz CT molecular complexity index is 883. The van der Waals surface area contributed by atoms with E-state index in [0.717, 1.165) is 4.90 Å². The third-order valence-electron chi connectivity index (χ3n) is 3.59. The van der Waals surface area contributed by atoms with Crippen molar-refractivity contribution in [2.24, 2.45) is 0 Å². The molecule has 0 saturated carbocycles. The molecule has 0 fully saturated rings. The first kappa shape index (κ1) is 20.3. The van der Waals surface area contributed by atoms with E-state index in [1.54, 1.807) is 17.8 Å². The Morgan fingerprint density at radius 3 is 2.62 bits per heavy atom. The van der Waals surface area contributed by atoms with Crippen LogP contribution in [0.3, 0.4) is 0 Å². The minimum Gasteiger partial charge on any atom is -0.495 e. The van der Waals surface area contributed by atoms with Crippen molar-refractivity contribution in [3.63, 3.8) is 0 Å². The lowest BCUT2D eigenvalue weighted by Crippen LogP contribution is -2.25. The summed E-state index contributed by atoms with van der Waals surface area (Å²) in [6.45, 7) is 2.18. The first-order valence-electron chi connectivity index (χ1n) is 8.04. The van der Waals surface area contributed by atoms with Gasteiger partial charge in [-0.25, -0.2) is 13.1 Å². The van der Waals surface area contributed by atoms with Crippen LogP contribution in [0.2, 0.25) is 0 Å². The van der Waals surface area contributed by atoms with Crippen LogP contribution in [0, 0.1) is 0 Å². The van der Waals surface area contributed by atoms with Crippen LogP contribution in [0.4, 0.5) is 5.69 Å². The van der Waals surface area contributed by atoms with Gasteiger partial charge in [0, 0.05) is 22.7 Å². The maximum absolute atomic E-state index is 12.5. The Balaban J connectivity index is 2.32. The predicted molar refractivity (Wildman–Crippen MR) is 105 cm³/mol. The van der Waals surface area contributed by atoms with Crippen LogP contribution >= 0.6 is 11.8 Å². The van der Waals surface area contributed by atoms with Crippen molar-refractivity contribution in [2.45, 2.75) is 23.1 Å². The summed E-state index contributed by atoms with van der Waals surface area (Å²) in [6.07, 6.45) is 2.61. The lowest BCUT2D eigenvalue weighted by Gasteiger charge is -2.12. The molecule has 140 valence electrons. The Kier molecular flexibility index (Phi) is 7.07. The number of thioether (sulfide) groups is 1. The topological polar surface area (TPSA) is 84.5 Å². The van der Waals surface area contributed by atoms with Gasteiger partial charge in [0.25, 0.3) is 5.91 Å².